The molecule has 1 atom stereocenters. The molecule has 1 aromatic rings. The van der Waals surface area contributed by atoms with Gasteiger partial charge in [-0.3, -0.25) is 9.59 Å². The molecule has 0 radical (unpaired) electrons. The number of ether oxygens (including phenoxy) is 2. The van der Waals surface area contributed by atoms with E-state index in [4.69, 9.17) is 21.1 Å². The zero-order valence-corrected chi connectivity index (χ0v) is 20.1. The summed E-state index contributed by atoms with van der Waals surface area (Å²) in [7, 11) is 1.71. The Bertz CT molecular complexity index is 944. The van der Waals surface area contributed by atoms with Gasteiger partial charge in [-0.25, -0.2) is 4.79 Å². The molecule has 1 spiro atoms. The van der Waals surface area contributed by atoms with Crippen molar-refractivity contribution in [1.29, 1.82) is 0 Å². The molecule has 174 valence electrons. The molecule has 0 unspecified atom stereocenters. The fourth-order valence-electron chi connectivity index (χ4n) is 4.88. The molecule has 1 aromatic carbocycles. The van der Waals surface area contributed by atoms with Crippen molar-refractivity contribution in [2.45, 2.75) is 64.0 Å². The van der Waals surface area contributed by atoms with Gasteiger partial charge in [-0.15, -0.1) is 0 Å². The zero-order valence-electron chi connectivity index (χ0n) is 19.4. The predicted molar refractivity (Wildman–Crippen MR) is 121 cm³/mol. The van der Waals surface area contributed by atoms with E-state index in [1.807, 2.05) is 39.0 Å². The molecule has 8 heteroatoms. The highest BCUT2D eigenvalue weighted by molar-refractivity contribution is 6.30. The van der Waals surface area contributed by atoms with Crippen molar-refractivity contribution in [3.63, 3.8) is 0 Å². The molecule has 0 aromatic heterocycles. The molecule has 1 saturated heterocycles. The number of halogens is 1. The van der Waals surface area contributed by atoms with Crippen molar-refractivity contribution in [3.05, 3.63) is 46.7 Å². The van der Waals surface area contributed by atoms with Gasteiger partial charge in [0.25, 0.3) is 5.91 Å². The Labute approximate surface area is 194 Å². The molecule has 3 rings (SSSR count). The van der Waals surface area contributed by atoms with E-state index >= 15 is 0 Å². The number of hydrogen-bond donors (Lipinski definition) is 0. The van der Waals surface area contributed by atoms with Crippen LogP contribution in [-0.2, 0) is 30.9 Å². The minimum Gasteiger partial charge on any atom is -0.444 e. The van der Waals surface area contributed by atoms with Crippen LogP contribution < -0.4 is 0 Å². The second-order valence-electron chi connectivity index (χ2n) is 9.58. The van der Waals surface area contributed by atoms with Gasteiger partial charge in [-0.05, 0) is 63.3 Å². The van der Waals surface area contributed by atoms with Crippen LogP contribution in [0.25, 0.3) is 0 Å². The highest BCUT2D eigenvalue weighted by Crippen LogP contribution is 2.49. The average Bonchev–Trinajstić information content (AvgIpc) is 2.98. The number of carbonyl (C=O) groups is 3. The van der Waals surface area contributed by atoms with E-state index in [1.54, 1.807) is 16.8 Å². The van der Waals surface area contributed by atoms with Crippen LogP contribution in [0.15, 0.2) is 30.5 Å². The maximum Gasteiger partial charge on any atom is 0.410 e. The first kappa shape index (κ1) is 24.1. The Morgan fingerprint density at radius 2 is 1.84 bits per heavy atom. The van der Waals surface area contributed by atoms with E-state index in [1.165, 1.54) is 6.92 Å². The van der Waals surface area contributed by atoms with Crippen molar-refractivity contribution < 1.29 is 23.9 Å². The summed E-state index contributed by atoms with van der Waals surface area (Å²) in [5.41, 5.74) is 1.33. The van der Waals surface area contributed by atoms with Gasteiger partial charge in [0.1, 0.15) is 5.60 Å². The summed E-state index contributed by atoms with van der Waals surface area (Å²) >= 11 is 6.25. The standard InChI is InChI=1S/C24H31ClN2O5/c1-15(31-16(2)28)21(29)26(6)20-14-17-13-18(25)7-8-19(17)24(20)9-11-27(12-10-24)22(30)32-23(3,4)5/h7-8,13,20H,1,9-12,14H2,2-6H3/t20-/m1/s1. The van der Waals surface area contributed by atoms with Gasteiger partial charge in [0.05, 0.1) is 0 Å². The third kappa shape index (κ3) is 4.77. The van der Waals surface area contributed by atoms with Gasteiger partial charge < -0.3 is 19.3 Å². The van der Waals surface area contributed by atoms with Crippen LogP contribution in [-0.4, -0.2) is 59.5 Å². The van der Waals surface area contributed by atoms with Crippen LogP contribution in [0.3, 0.4) is 0 Å². The predicted octanol–water partition coefficient (Wildman–Crippen LogP) is 4.07. The second kappa shape index (κ2) is 8.77. The number of likely N-dealkylation sites (tertiary alicyclic amines) is 1. The molecule has 7 nitrogen and oxygen atoms in total. The minimum absolute atomic E-state index is 0.184. The van der Waals surface area contributed by atoms with E-state index < -0.39 is 17.5 Å². The van der Waals surface area contributed by atoms with Crippen molar-refractivity contribution in [2.75, 3.05) is 20.1 Å². The van der Waals surface area contributed by atoms with E-state index in [-0.39, 0.29) is 23.3 Å². The van der Waals surface area contributed by atoms with Gasteiger partial charge in [-0.2, -0.15) is 0 Å². The summed E-state index contributed by atoms with van der Waals surface area (Å²) < 4.78 is 10.5. The first-order valence-electron chi connectivity index (χ1n) is 10.8. The first-order valence-corrected chi connectivity index (χ1v) is 11.1. The normalized spacial score (nSPS) is 19.3. The third-order valence-corrected chi connectivity index (χ3v) is 6.49. The molecule has 2 amide bonds. The topological polar surface area (TPSA) is 76.2 Å². The second-order valence-corrected chi connectivity index (χ2v) is 10.0. The monoisotopic (exact) mass is 462 g/mol. The van der Waals surface area contributed by atoms with Crippen molar-refractivity contribution >= 4 is 29.6 Å². The van der Waals surface area contributed by atoms with E-state index in [9.17, 15) is 14.4 Å². The molecule has 0 saturated carbocycles. The zero-order chi connectivity index (χ0) is 23.8. The molecular formula is C24H31ClN2O5. The number of hydrogen-bond acceptors (Lipinski definition) is 5. The summed E-state index contributed by atoms with van der Waals surface area (Å²) in [6.45, 7) is 11.4. The average molecular weight is 463 g/mol. The van der Waals surface area contributed by atoms with Crippen LogP contribution in [0.4, 0.5) is 4.79 Å². The van der Waals surface area contributed by atoms with Crippen molar-refractivity contribution in [3.8, 4) is 0 Å². The number of piperidine rings is 1. The third-order valence-electron chi connectivity index (χ3n) is 6.26. The van der Waals surface area contributed by atoms with Gasteiger partial charge in [0.15, 0.2) is 5.76 Å². The number of benzene rings is 1. The number of carbonyl (C=O) groups excluding carboxylic acids is 3. The number of amides is 2. The largest absolute Gasteiger partial charge is 0.444 e. The van der Waals surface area contributed by atoms with Crippen molar-refractivity contribution in [2.24, 2.45) is 0 Å². The van der Waals surface area contributed by atoms with Crippen LogP contribution in [0, 0.1) is 0 Å². The first-order chi connectivity index (χ1) is 14.8. The molecule has 2 aliphatic rings. The fraction of sp³-hybridized carbons (Fsp3) is 0.542. The van der Waals surface area contributed by atoms with Gasteiger partial charge in [0, 0.05) is 43.5 Å². The molecule has 1 heterocycles. The molecule has 1 aliphatic carbocycles. The maximum atomic E-state index is 13.0. The quantitative estimate of drug-likeness (QED) is 0.384. The molecule has 1 fully saturated rings. The lowest BCUT2D eigenvalue weighted by atomic mass is 9.70. The number of fused-ring (bicyclic) bond motifs is 2. The Morgan fingerprint density at radius 1 is 1.22 bits per heavy atom. The summed E-state index contributed by atoms with van der Waals surface area (Å²) in [4.78, 5) is 40.2. The number of nitrogens with zero attached hydrogens (tertiary/aromatic N) is 2. The fourth-order valence-corrected chi connectivity index (χ4v) is 5.08. The SMILES string of the molecule is C=C(OC(C)=O)C(=O)N(C)[C@@H]1Cc2cc(Cl)ccc2C12CCN(C(=O)OC(C)(C)C)CC2. The van der Waals surface area contributed by atoms with E-state index in [0.29, 0.717) is 37.4 Å². The summed E-state index contributed by atoms with van der Waals surface area (Å²) in [6, 6.07) is 5.65. The number of esters is 1. The summed E-state index contributed by atoms with van der Waals surface area (Å²) in [6.07, 6.45) is 1.63. The van der Waals surface area contributed by atoms with Crippen LogP contribution in [0.1, 0.15) is 51.7 Å². The summed E-state index contributed by atoms with van der Waals surface area (Å²) in [5.74, 6) is -1.22. The molecule has 0 N–H and O–H groups in total. The number of rotatable bonds is 3. The lowest BCUT2D eigenvalue weighted by molar-refractivity contribution is -0.144. The maximum absolute atomic E-state index is 13.0. The Balaban J connectivity index is 1.87. The Morgan fingerprint density at radius 3 is 2.41 bits per heavy atom. The van der Waals surface area contributed by atoms with Crippen LogP contribution >= 0.6 is 11.6 Å². The molecular weight excluding hydrogens is 432 g/mol. The van der Waals surface area contributed by atoms with Gasteiger partial charge in [-0.1, -0.05) is 24.2 Å². The van der Waals surface area contributed by atoms with Crippen LogP contribution in [0.2, 0.25) is 5.02 Å². The minimum atomic E-state index is -0.585. The Hall–Kier alpha value is -2.54. The molecule has 0 bridgehead atoms. The van der Waals surface area contributed by atoms with E-state index in [0.717, 1.165) is 11.1 Å². The summed E-state index contributed by atoms with van der Waals surface area (Å²) in [5, 5.41) is 0.643. The Kier molecular flexibility index (Phi) is 6.61. The lowest BCUT2D eigenvalue weighted by Crippen LogP contribution is -2.55. The van der Waals surface area contributed by atoms with E-state index in [2.05, 4.69) is 6.58 Å². The molecule has 1 aliphatic heterocycles. The highest BCUT2D eigenvalue weighted by atomic mass is 35.5. The van der Waals surface area contributed by atoms with Crippen molar-refractivity contribution in [1.82, 2.24) is 9.80 Å². The highest BCUT2D eigenvalue weighted by Gasteiger charge is 2.51. The molecule has 32 heavy (non-hydrogen) atoms. The number of likely N-dealkylation sites (N-methyl/N-ethyl adjacent to an activating group) is 1. The van der Waals surface area contributed by atoms with Gasteiger partial charge >= 0.3 is 12.1 Å². The lowest BCUT2D eigenvalue weighted by Gasteiger charge is -2.46. The van der Waals surface area contributed by atoms with Gasteiger partial charge in [0.2, 0.25) is 0 Å². The smallest absolute Gasteiger partial charge is 0.410 e. The van der Waals surface area contributed by atoms with Crippen LogP contribution in [0.5, 0.6) is 0 Å².